The van der Waals surface area contributed by atoms with Crippen molar-refractivity contribution in [2.45, 2.75) is 77.9 Å². The van der Waals surface area contributed by atoms with Crippen molar-refractivity contribution in [1.82, 2.24) is 0 Å². The van der Waals surface area contributed by atoms with E-state index in [1.165, 1.54) is 0 Å². The number of ether oxygens (including phenoxy) is 1. The van der Waals surface area contributed by atoms with Gasteiger partial charge in [-0.3, -0.25) is 14.4 Å². The van der Waals surface area contributed by atoms with E-state index in [0.717, 1.165) is 18.4 Å². The van der Waals surface area contributed by atoms with Crippen LogP contribution in [0.5, 0.6) is 0 Å². The van der Waals surface area contributed by atoms with Crippen molar-refractivity contribution in [3.8, 4) is 0 Å². The molecule has 0 amide bonds. The number of allylic oxidation sites excluding steroid dienone is 4. The fraction of sp³-hybridized carbons (Fsp3) is 0.720. The molecule has 0 radical (unpaired) electrons. The maximum Gasteiger partial charge on any atom is 0.307 e. The molecule has 0 bridgehead atoms. The fourth-order valence-corrected chi connectivity index (χ4v) is 7.86. The molecule has 0 aliphatic heterocycles. The summed E-state index contributed by atoms with van der Waals surface area (Å²) in [5.41, 5.74) is -1.00. The number of hydrogen-bond donors (Lipinski definition) is 2. The first-order chi connectivity index (χ1) is 14.5. The Bertz CT molecular complexity index is 873. The zero-order chi connectivity index (χ0) is 22.8. The molecule has 8 atom stereocenters. The predicted octanol–water partition coefficient (Wildman–Crippen LogP) is 3.68. The quantitative estimate of drug-likeness (QED) is 0.660. The van der Waals surface area contributed by atoms with Gasteiger partial charge in [0.2, 0.25) is 0 Å². The van der Waals surface area contributed by atoms with Crippen LogP contribution in [0.4, 0.5) is 0 Å². The zero-order valence-corrected chi connectivity index (χ0v) is 18.9. The Balaban J connectivity index is 1.77. The predicted molar refractivity (Wildman–Crippen MR) is 114 cm³/mol. The number of hydrogen-bond acceptors (Lipinski definition) is 5. The maximum absolute atomic E-state index is 12.3. The van der Waals surface area contributed by atoms with Crippen LogP contribution in [0.2, 0.25) is 0 Å². The number of carboxylic acids is 1. The van der Waals surface area contributed by atoms with Crippen LogP contribution in [-0.4, -0.2) is 39.6 Å². The number of aliphatic carboxylic acids is 1. The minimum Gasteiger partial charge on any atom is -0.481 e. The Morgan fingerprint density at radius 1 is 1.29 bits per heavy atom. The van der Waals surface area contributed by atoms with Crippen molar-refractivity contribution in [2.24, 2.45) is 34.5 Å². The highest BCUT2D eigenvalue weighted by Crippen LogP contribution is 2.69. The Labute approximate surface area is 183 Å². The lowest BCUT2D eigenvalue weighted by atomic mass is 9.45. The summed E-state index contributed by atoms with van der Waals surface area (Å²) in [4.78, 5) is 36.2. The third kappa shape index (κ3) is 3.12. The van der Waals surface area contributed by atoms with E-state index < -0.39 is 28.5 Å². The number of esters is 1. The van der Waals surface area contributed by atoms with Gasteiger partial charge < -0.3 is 14.9 Å². The largest absolute Gasteiger partial charge is 0.481 e. The summed E-state index contributed by atoms with van der Waals surface area (Å²) in [6.45, 7) is 8.00. The molecule has 31 heavy (non-hydrogen) atoms. The highest BCUT2D eigenvalue weighted by molar-refractivity contribution is 6.01. The van der Waals surface area contributed by atoms with Crippen molar-refractivity contribution in [3.63, 3.8) is 0 Å². The molecular formula is C25H34O6. The van der Waals surface area contributed by atoms with E-state index in [1.807, 2.05) is 13.0 Å². The number of fused-ring (bicyclic) bond motifs is 5. The molecule has 6 heteroatoms. The summed E-state index contributed by atoms with van der Waals surface area (Å²) in [5, 5.41) is 21.2. The van der Waals surface area contributed by atoms with E-state index in [2.05, 4.69) is 13.8 Å². The summed E-state index contributed by atoms with van der Waals surface area (Å²) < 4.78 is 5.93. The summed E-state index contributed by atoms with van der Waals surface area (Å²) in [7, 11) is 0. The summed E-state index contributed by atoms with van der Waals surface area (Å²) >= 11 is 0. The van der Waals surface area contributed by atoms with Crippen molar-refractivity contribution >= 4 is 17.7 Å². The normalized spacial score (nSPS) is 45.9. The molecule has 170 valence electrons. The number of aliphatic hydroxyl groups excluding tert-OH is 1. The number of carbonyl (C=O) groups is 3. The Kier molecular flexibility index (Phi) is 5.23. The van der Waals surface area contributed by atoms with E-state index in [-0.39, 0.29) is 48.3 Å². The van der Waals surface area contributed by atoms with Crippen molar-refractivity contribution in [2.75, 3.05) is 0 Å². The Hall–Kier alpha value is -1.95. The second kappa shape index (κ2) is 7.29. The summed E-state index contributed by atoms with van der Waals surface area (Å²) in [6.07, 6.45) is 7.14. The molecule has 0 saturated heterocycles. The van der Waals surface area contributed by atoms with Gasteiger partial charge in [0, 0.05) is 23.2 Å². The highest BCUT2D eigenvalue weighted by Gasteiger charge is 2.68. The number of aliphatic hydroxyl groups is 1. The van der Waals surface area contributed by atoms with Crippen LogP contribution in [0.3, 0.4) is 0 Å². The molecule has 3 fully saturated rings. The van der Waals surface area contributed by atoms with Crippen LogP contribution in [0.15, 0.2) is 23.8 Å². The van der Waals surface area contributed by atoms with Gasteiger partial charge in [-0.05, 0) is 55.6 Å². The summed E-state index contributed by atoms with van der Waals surface area (Å²) in [5.74, 6) is -0.896. The molecule has 0 spiro atoms. The average Bonchev–Trinajstić information content (AvgIpc) is 2.94. The lowest BCUT2D eigenvalue weighted by Gasteiger charge is -2.61. The van der Waals surface area contributed by atoms with Crippen LogP contribution in [-0.2, 0) is 19.1 Å². The van der Waals surface area contributed by atoms with E-state index in [4.69, 9.17) is 4.74 Å². The molecule has 3 saturated carbocycles. The van der Waals surface area contributed by atoms with Crippen LogP contribution in [0.25, 0.3) is 0 Å². The fourth-order valence-electron chi connectivity index (χ4n) is 7.86. The van der Waals surface area contributed by atoms with Crippen LogP contribution in [0, 0.1) is 34.5 Å². The van der Waals surface area contributed by atoms with Gasteiger partial charge >= 0.3 is 11.9 Å². The standard InChI is InChI=1S/C25H34O6/c1-5-21(30)31-25(13-20(28)29)9-7-17-16-10-14(2)18-11-15(26)6-8-23(18,3)22(16)19(27)12-24(17,25)4/h6,8,11,14,16-17,19,22,27H,5,7,9-10,12-13H2,1-4H3,(H,28,29)/t14?,16-,17-,19?,22+,23-,24-,25-/m0/s1. The molecule has 2 unspecified atom stereocenters. The molecule has 4 aliphatic carbocycles. The average molecular weight is 431 g/mol. The molecule has 2 N–H and O–H groups in total. The van der Waals surface area contributed by atoms with Gasteiger partial charge in [-0.2, -0.15) is 0 Å². The van der Waals surface area contributed by atoms with Gasteiger partial charge in [-0.15, -0.1) is 0 Å². The lowest BCUT2D eigenvalue weighted by molar-refractivity contribution is -0.201. The molecule has 0 aromatic carbocycles. The molecule has 0 heterocycles. The van der Waals surface area contributed by atoms with Gasteiger partial charge in [0.15, 0.2) is 5.78 Å². The van der Waals surface area contributed by atoms with Gasteiger partial charge in [0.1, 0.15) is 5.60 Å². The molecule has 0 aromatic heterocycles. The zero-order valence-electron chi connectivity index (χ0n) is 18.9. The topological polar surface area (TPSA) is 101 Å². The lowest BCUT2D eigenvalue weighted by Crippen LogP contribution is -2.61. The third-order valence-electron chi connectivity index (χ3n) is 9.14. The van der Waals surface area contributed by atoms with E-state index in [1.54, 1.807) is 19.1 Å². The van der Waals surface area contributed by atoms with Gasteiger partial charge in [-0.25, -0.2) is 0 Å². The number of ketones is 1. The highest BCUT2D eigenvalue weighted by atomic mass is 16.6. The van der Waals surface area contributed by atoms with Crippen molar-refractivity contribution in [3.05, 3.63) is 23.8 Å². The van der Waals surface area contributed by atoms with Crippen molar-refractivity contribution in [1.29, 1.82) is 0 Å². The second-order valence-electron chi connectivity index (χ2n) is 10.7. The van der Waals surface area contributed by atoms with Gasteiger partial charge in [0.25, 0.3) is 0 Å². The van der Waals surface area contributed by atoms with Crippen LogP contribution in [0.1, 0.15) is 66.2 Å². The molecule has 0 aromatic rings. The van der Waals surface area contributed by atoms with E-state index in [0.29, 0.717) is 12.8 Å². The van der Waals surface area contributed by atoms with Crippen LogP contribution >= 0.6 is 0 Å². The van der Waals surface area contributed by atoms with E-state index >= 15 is 0 Å². The second-order valence-corrected chi connectivity index (χ2v) is 10.7. The Morgan fingerprint density at radius 2 is 2.00 bits per heavy atom. The SMILES string of the molecule is CCC(=O)O[C@]1(CC(=O)O)CC[C@H]2[C@@H]3CC(C)C4=CC(=O)C=C[C@]4(C)[C@H]3C(O)C[C@@]21C. The third-order valence-corrected chi connectivity index (χ3v) is 9.14. The number of carbonyl (C=O) groups excluding carboxylic acids is 2. The number of rotatable bonds is 4. The van der Waals surface area contributed by atoms with Gasteiger partial charge in [0.05, 0.1) is 12.5 Å². The minimum absolute atomic E-state index is 0.000678. The number of carboxylic acid groups (broad SMARTS) is 1. The summed E-state index contributed by atoms with van der Waals surface area (Å²) in [6, 6.07) is 0. The molecular weight excluding hydrogens is 396 g/mol. The molecule has 4 rings (SSSR count). The van der Waals surface area contributed by atoms with Crippen molar-refractivity contribution < 1.29 is 29.3 Å². The smallest absolute Gasteiger partial charge is 0.307 e. The first kappa shape index (κ1) is 22.3. The maximum atomic E-state index is 12.3. The molecule has 6 nitrogen and oxygen atoms in total. The van der Waals surface area contributed by atoms with Crippen LogP contribution < -0.4 is 0 Å². The Morgan fingerprint density at radius 3 is 2.65 bits per heavy atom. The first-order valence-corrected chi connectivity index (χ1v) is 11.5. The van der Waals surface area contributed by atoms with E-state index in [9.17, 15) is 24.6 Å². The van der Waals surface area contributed by atoms with Gasteiger partial charge in [-0.1, -0.05) is 39.3 Å². The minimum atomic E-state index is -1.10. The monoisotopic (exact) mass is 430 g/mol. The first-order valence-electron chi connectivity index (χ1n) is 11.5. The molecule has 4 aliphatic rings.